The molecule has 17 heavy (non-hydrogen) atoms. The van der Waals surface area contributed by atoms with Crippen LogP contribution in [0.5, 0.6) is 0 Å². The van der Waals surface area contributed by atoms with Gasteiger partial charge in [-0.15, -0.1) is 0 Å². The second kappa shape index (κ2) is 3.59. The Morgan fingerprint density at radius 1 is 1.00 bits per heavy atom. The molecule has 0 radical (unpaired) electrons. The Labute approximate surface area is 104 Å². The quantitative estimate of drug-likeness (QED) is 0.666. The molecule has 0 fully saturated rings. The van der Waals surface area contributed by atoms with Crippen LogP contribution in [0.2, 0.25) is 0 Å². The summed E-state index contributed by atoms with van der Waals surface area (Å²) in [5.74, 6) is 0. The lowest BCUT2D eigenvalue weighted by molar-refractivity contribution is 0.368. The number of fused-ring (bicyclic) bond motifs is 1. The Balaban J connectivity index is 2.67. The van der Waals surface area contributed by atoms with Gasteiger partial charge in [-0.1, -0.05) is 32.9 Å². The molecule has 0 bridgehead atoms. The molecule has 1 aromatic carbocycles. The highest BCUT2D eigenvalue weighted by Crippen LogP contribution is 2.28. The van der Waals surface area contributed by atoms with Crippen LogP contribution in [0.25, 0.3) is 10.9 Å². The van der Waals surface area contributed by atoms with Crippen molar-refractivity contribution in [2.75, 3.05) is 0 Å². The number of aromatic nitrogens is 2. The highest BCUT2D eigenvalue weighted by molar-refractivity contribution is 5.79. The summed E-state index contributed by atoms with van der Waals surface area (Å²) < 4.78 is 2.11. The van der Waals surface area contributed by atoms with E-state index < -0.39 is 0 Å². The molecule has 1 heterocycles. The minimum atomic E-state index is 0.0260. The monoisotopic (exact) mass is 230 g/mol. The maximum absolute atomic E-state index is 4.51. The topological polar surface area (TPSA) is 17.8 Å². The number of rotatable bonds is 0. The van der Waals surface area contributed by atoms with Gasteiger partial charge in [0.1, 0.15) is 0 Å². The Kier molecular flexibility index (Phi) is 2.57. The molecule has 0 saturated heterocycles. The fourth-order valence-electron chi connectivity index (χ4n) is 2.02. The highest BCUT2D eigenvalue weighted by atomic mass is 15.3. The maximum atomic E-state index is 4.51. The van der Waals surface area contributed by atoms with Crippen molar-refractivity contribution in [1.29, 1.82) is 0 Å². The minimum absolute atomic E-state index is 0.0260. The molecule has 0 spiro atoms. The van der Waals surface area contributed by atoms with Crippen LogP contribution >= 0.6 is 0 Å². The molecule has 0 aliphatic rings. The van der Waals surface area contributed by atoms with Gasteiger partial charge < -0.3 is 0 Å². The van der Waals surface area contributed by atoms with Gasteiger partial charge in [0.25, 0.3) is 0 Å². The van der Waals surface area contributed by atoms with Gasteiger partial charge in [0.15, 0.2) is 0 Å². The molecule has 92 valence electrons. The third-order valence-electron chi connectivity index (χ3n) is 3.07. The molecule has 0 aliphatic carbocycles. The highest BCUT2D eigenvalue weighted by Gasteiger charge is 2.19. The van der Waals surface area contributed by atoms with E-state index in [-0.39, 0.29) is 11.0 Å². The third kappa shape index (κ3) is 2.21. The molecule has 0 N–H and O–H groups in total. The van der Waals surface area contributed by atoms with E-state index in [0.717, 1.165) is 0 Å². The van der Waals surface area contributed by atoms with Gasteiger partial charge in [-0.25, -0.2) is 0 Å². The predicted molar refractivity (Wildman–Crippen MR) is 73.4 cm³/mol. The number of nitrogens with zero attached hydrogens (tertiary/aromatic N) is 2. The summed E-state index contributed by atoms with van der Waals surface area (Å²) in [5.41, 5.74) is 2.79. The SMILES string of the molecule is CC(C)(C)c1ccc2cnn(C(C)(C)C)c2c1. The van der Waals surface area contributed by atoms with Crippen LogP contribution in [0, 0.1) is 0 Å². The second-order valence-corrected chi connectivity index (χ2v) is 6.75. The summed E-state index contributed by atoms with van der Waals surface area (Å²) in [6.07, 6.45) is 1.95. The zero-order chi connectivity index (χ0) is 12.8. The van der Waals surface area contributed by atoms with Gasteiger partial charge in [0.05, 0.1) is 17.3 Å². The summed E-state index contributed by atoms with van der Waals surface area (Å²) in [7, 11) is 0. The van der Waals surface area contributed by atoms with E-state index in [1.54, 1.807) is 0 Å². The van der Waals surface area contributed by atoms with Gasteiger partial charge in [-0.05, 0) is 37.8 Å². The average Bonchev–Trinajstić information content (AvgIpc) is 2.57. The summed E-state index contributed by atoms with van der Waals surface area (Å²) in [4.78, 5) is 0. The first kappa shape index (κ1) is 12.2. The molecule has 2 aromatic rings. The lowest BCUT2D eigenvalue weighted by atomic mass is 9.86. The fourth-order valence-corrected chi connectivity index (χ4v) is 2.02. The van der Waals surface area contributed by atoms with Gasteiger partial charge in [0.2, 0.25) is 0 Å². The smallest absolute Gasteiger partial charge is 0.0691 e. The first-order valence-electron chi connectivity index (χ1n) is 6.18. The van der Waals surface area contributed by atoms with E-state index in [4.69, 9.17) is 0 Å². The van der Waals surface area contributed by atoms with Crippen molar-refractivity contribution in [3.05, 3.63) is 30.0 Å². The van der Waals surface area contributed by atoms with Crippen molar-refractivity contribution >= 4 is 10.9 Å². The van der Waals surface area contributed by atoms with E-state index in [0.29, 0.717) is 0 Å². The number of hydrogen-bond acceptors (Lipinski definition) is 1. The van der Waals surface area contributed by atoms with Crippen molar-refractivity contribution in [2.24, 2.45) is 0 Å². The van der Waals surface area contributed by atoms with Crippen molar-refractivity contribution in [3.8, 4) is 0 Å². The standard InChI is InChI=1S/C15H22N2/c1-14(2,3)12-8-7-11-10-16-17(13(11)9-12)15(4,5)6/h7-10H,1-6H3. The average molecular weight is 230 g/mol. The van der Waals surface area contributed by atoms with Crippen LogP contribution in [0.3, 0.4) is 0 Å². The first-order valence-corrected chi connectivity index (χ1v) is 6.18. The molecule has 0 atom stereocenters. The van der Waals surface area contributed by atoms with Crippen LogP contribution in [-0.4, -0.2) is 9.78 Å². The van der Waals surface area contributed by atoms with Crippen LogP contribution in [-0.2, 0) is 11.0 Å². The molecule has 1 aromatic heterocycles. The first-order chi connectivity index (χ1) is 7.69. The van der Waals surface area contributed by atoms with Crippen molar-refractivity contribution in [2.45, 2.75) is 52.5 Å². The molecular formula is C15H22N2. The van der Waals surface area contributed by atoms with Crippen LogP contribution in [0.4, 0.5) is 0 Å². The fraction of sp³-hybridized carbons (Fsp3) is 0.533. The molecule has 0 saturated carbocycles. The van der Waals surface area contributed by atoms with E-state index in [1.807, 2.05) is 6.20 Å². The van der Waals surface area contributed by atoms with Gasteiger partial charge in [-0.3, -0.25) is 4.68 Å². The third-order valence-corrected chi connectivity index (χ3v) is 3.07. The van der Waals surface area contributed by atoms with Gasteiger partial charge in [0, 0.05) is 5.39 Å². The molecule has 2 nitrogen and oxygen atoms in total. The molecular weight excluding hydrogens is 208 g/mol. The molecule has 2 heteroatoms. The Morgan fingerprint density at radius 3 is 2.18 bits per heavy atom. The van der Waals surface area contributed by atoms with E-state index >= 15 is 0 Å². The van der Waals surface area contributed by atoms with Crippen LogP contribution in [0.15, 0.2) is 24.4 Å². The zero-order valence-corrected chi connectivity index (χ0v) is 11.7. The number of hydrogen-bond donors (Lipinski definition) is 0. The lowest BCUT2D eigenvalue weighted by Crippen LogP contribution is -2.23. The van der Waals surface area contributed by atoms with Gasteiger partial charge in [-0.2, -0.15) is 5.10 Å². The maximum Gasteiger partial charge on any atom is 0.0691 e. The second-order valence-electron chi connectivity index (χ2n) is 6.75. The van der Waals surface area contributed by atoms with E-state index in [2.05, 4.69) is 69.5 Å². The summed E-state index contributed by atoms with van der Waals surface area (Å²) >= 11 is 0. The number of benzene rings is 1. The van der Waals surface area contributed by atoms with E-state index in [1.165, 1.54) is 16.5 Å². The molecule has 0 aliphatic heterocycles. The largest absolute Gasteiger partial charge is 0.260 e. The zero-order valence-electron chi connectivity index (χ0n) is 11.7. The summed E-state index contributed by atoms with van der Waals surface area (Å²) in [5, 5.41) is 5.72. The Bertz CT molecular complexity index is 536. The van der Waals surface area contributed by atoms with Crippen LogP contribution in [0.1, 0.15) is 47.1 Å². The molecule has 2 rings (SSSR count). The summed E-state index contributed by atoms with van der Waals surface area (Å²) in [6, 6.07) is 6.65. The van der Waals surface area contributed by atoms with Crippen molar-refractivity contribution in [3.63, 3.8) is 0 Å². The Hall–Kier alpha value is -1.31. The van der Waals surface area contributed by atoms with Crippen molar-refractivity contribution in [1.82, 2.24) is 9.78 Å². The lowest BCUT2D eigenvalue weighted by Gasteiger charge is -2.23. The van der Waals surface area contributed by atoms with Crippen LogP contribution < -0.4 is 0 Å². The molecule has 0 amide bonds. The van der Waals surface area contributed by atoms with Gasteiger partial charge >= 0.3 is 0 Å². The minimum Gasteiger partial charge on any atom is -0.260 e. The molecule has 0 unspecified atom stereocenters. The van der Waals surface area contributed by atoms with Crippen molar-refractivity contribution < 1.29 is 0 Å². The normalized spacial score (nSPS) is 13.3. The van der Waals surface area contributed by atoms with E-state index in [9.17, 15) is 0 Å². The predicted octanol–water partition coefficient (Wildman–Crippen LogP) is 4.09. The summed E-state index contributed by atoms with van der Waals surface area (Å²) in [6.45, 7) is 13.3. The Morgan fingerprint density at radius 2 is 1.65 bits per heavy atom.